The second kappa shape index (κ2) is 8.94. The monoisotopic (exact) mass is 417 g/mol. The molecule has 0 spiro atoms. The van der Waals surface area contributed by atoms with E-state index in [2.05, 4.69) is 93.2 Å². The first-order valence-electron chi connectivity index (χ1n) is 8.71. The summed E-state index contributed by atoms with van der Waals surface area (Å²) in [6.45, 7) is 16.7. The molecule has 0 saturated carbocycles. The van der Waals surface area contributed by atoms with E-state index in [1.807, 2.05) is 0 Å². The van der Waals surface area contributed by atoms with Gasteiger partial charge in [-0.25, -0.2) is 0 Å². The van der Waals surface area contributed by atoms with E-state index in [0.29, 0.717) is 0 Å². The minimum Gasteiger partial charge on any atom is -1.00 e. The van der Waals surface area contributed by atoms with Crippen molar-refractivity contribution in [3.05, 3.63) is 44.9 Å². The smallest absolute Gasteiger partial charge is 1.00 e. The van der Waals surface area contributed by atoms with Crippen LogP contribution in [0.3, 0.4) is 0 Å². The molecular formula is C21H31Cl2OTi. The van der Waals surface area contributed by atoms with Crippen LogP contribution >= 0.6 is 0 Å². The average molecular weight is 418 g/mol. The van der Waals surface area contributed by atoms with Gasteiger partial charge in [0.2, 0.25) is 0 Å². The van der Waals surface area contributed by atoms with Gasteiger partial charge in [0.05, 0.1) is 0 Å². The van der Waals surface area contributed by atoms with Crippen molar-refractivity contribution in [2.45, 2.75) is 66.9 Å². The summed E-state index contributed by atoms with van der Waals surface area (Å²) < 4.78 is 8.08. The summed E-state index contributed by atoms with van der Waals surface area (Å²) in [5.74, 6) is 0. The molecule has 0 N–H and O–H groups in total. The van der Waals surface area contributed by atoms with Crippen LogP contribution in [0.15, 0.2) is 44.9 Å². The van der Waals surface area contributed by atoms with Gasteiger partial charge >= 0.3 is 154 Å². The Morgan fingerprint density at radius 1 is 1.16 bits per heavy atom. The van der Waals surface area contributed by atoms with Crippen molar-refractivity contribution >= 4 is 0 Å². The SMILES string of the molecule is CCOC1(C(C)(C)C2=[C]([Ti+2])CC=C2)CC=C(C)C=C1C(C)(C)C.[Cl-].[Cl-]. The Morgan fingerprint density at radius 3 is 2.20 bits per heavy atom. The number of halogens is 2. The van der Waals surface area contributed by atoms with Crippen molar-refractivity contribution in [1.29, 1.82) is 0 Å². The molecule has 2 rings (SSSR count). The first-order valence-corrected chi connectivity index (χ1v) is 9.49. The van der Waals surface area contributed by atoms with Crippen molar-refractivity contribution < 1.29 is 50.0 Å². The molecule has 139 valence electrons. The largest absolute Gasteiger partial charge is 1.00 e. The van der Waals surface area contributed by atoms with Gasteiger partial charge in [-0.05, 0) is 0 Å². The zero-order valence-corrected chi connectivity index (χ0v) is 19.7. The van der Waals surface area contributed by atoms with Crippen LogP contribution in [0.2, 0.25) is 0 Å². The molecular weight excluding hydrogens is 387 g/mol. The molecule has 0 aliphatic heterocycles. The Hall–Kier alpha value is 0.214. The molecule has 1 nitrogen and oxygen atoms in total. The second-order valence-corrected chi connectivity index (χ2v) is 9.29. The van der Waals surface area contributed by atoms with Gasteiger partial charge < -0.3 is 24.8 Å². The topological polar surface area (TPSA) is 9.23 Å². The first kappa shape index (κ1) is 25.2. The van der Waals surface area contributed by atoms with Crippen molar-refractivity contribution in [3.63, 3.8) is 0 Å². The van der Waals surface area contributed by atoms with Gasteiger partial charge in [-0.15, -0.1) is 0 Å². The van der Waals surface area contributed by atoms with Gasteiger partial charge in [0.15, 0.2) is 0 Å². The van der Waals surface area contributed by atoms with E-state index in [1.165, 1.54) is 20.6 Å². The van der Waals surface area contributed by atoms with Crippen LogP contribution in [0.1, 0.15) is 61.3 Å². The summed E-state index contributed by atoms with van der Waals surface area (Å²) in [6, 6.07) is 0. The summed E-state index contributed by atoms with van der Waals surface area (Å²) in [5.41, 5.74) is 3.99. The maximum absolute atomic E-state index is 6.60. The molecule has 1 unspecified atom stereocenters. The molecule has 0 aromatic carbocycles. The fourth-order valence-corrected chi connectivity index (χ4v) is 4.91. The number of hydrogen-bond donors (Lipinski definition) is 0. The summed E-state index contributed by atoms with van der Waals surface area (Å²) in [6.07, 6.45) is 11.4. The predicted molar refractivity (Wildman–Crippen MR) is 94.8 cm³/mol. The summed E-state index contributed by atoms with van der Waals surface area (Å²) in [5, 5.41) is 0. The van der Waals surface area contributed by atoms with Crippen molar-refractivity contribution in [2.75, 3.05) is 6.61 Å². The fraction of sp³-hybridized carbons (Fsp3) is 0.619. The molecule has 4 heteroatoms. The Balaban J connectivity index is 0.00000288. The fourth-order valence-electron chi connectivity index (χ4n) is 4.10. The summed E-state index contributed by atoms with van der Waals surface area (Å²) in [7, 11) is 0. The van der Waals surface area contributed by atoms with Gasteiger partial charge in [-0.2, -0.15) is 0 Å². The molecule has 0 heterocycles. The number of ether oxygens (including phenoxy) is 1. The van der Waals surface area contributed by atoms with Crippen LogP contribution in [0.25, 0.3) is 0 Å². The van der Waals surface area contributed by atoms with Gasteiger partial charge in [0.25, 0.3) is 0 Å². The minimum absolute atomic E-state index is 0. The van der Waals surface area contributed by atoms with E-state index in [4.69, 9.17) is 4.74 Å². The Bertz CT molecular complexity index is 606. The number of hydrogen-bond acceptors (Lipinski definition) is 1. The standard InChI is InChI=1S/C21H31O.2ClH.Ti/c1-8-22-21(20(6,7)17-11-9-10-12-17)14-13-16(2)15-18(21)19(3,4)5;;;/h9,11,13,15H,8,10,14H2,1-7H3;2*1H;/q;;;+2/p-2. The summed E-state index contributed by atoms with van der Waals surface area (Å²) >= 11 is 2.27. The molecule has 0 bridgehead atoms. The molecule has 25 heavy (non-hydrogen) atoms. The molecule has 0 radical (unpaired) electrons. The zero-order chi connectivity index (χ0) is 17.5. The van der Waals surface area contributed by atoms with Gasteiger partial charge in [0.1, 0.15) is 0 Å². The maximum Gasteiger partial charge on any atom is -1.00 e. The molecule has 0 fully saturated rings. The Kier molecular flexibility index (Phi) is 9.01. The van der Waals surface area contributed by atoms with E-state index in [1.54, 1.807) is 0 Å². The third-order valence-electron chi connectivity index (χ3n) is 5.33. The van der Waals surface area contributed by atoms with Crippen LogP contribution < -0.4 is 24.8 Å². The quantitative estimate of drug-likeness (QED) is 0.579. The van der Waals surface area contributed by atoms with E-state index < -0.39 is 0 Å². The molecule has 0 aromatic rings. The average Bonchev–Trinajstić information content (AvgIpc) is 2.86. The van der Waals surface area contributed by atoms with Crippen molar-refractivity contribution in [2.24, 2.45) is 10.8 Å². The van der Waals surface area contributed by atoms with Crippen molar-refractivity contribution in [1.82, 2.24) is 0 Å². The Labute approximate surface area is 178 Å². The predicted octanol–water partition coefficient (Wildman–Crippen LogP) is -0.121. The third-order valence-corrected chi connectivity index (χ3v) is 6.07. The van der Waals surface area contributed by atoms with Crippen LogP contribution in [0, 0.1) is 10.8 Å². The normalized spacial score (nSPS) is 23.7. The number of allylic oxidation sites excluding steroid dienone is 5. The first-order chi connectivity index (χ1) is 10.6. The summed E-state index contributed by atoms with van der Waals surface area (Å²) in [4.78, 5) is 0. The molecule has 2 aliphatic rings. The molecule has 0 aromatic heterocycles. The maximum atomic E-state index is 6.60. The van der Waals surface area contributed by atoms with Crippen LogP contribution in [0.4, 0.5) is 0 Å². The van der Waals surface area contributed by atoms with Crippen LogP contribution in [-0.2, 0) is 25.2 Å². The minimum atomic E-state index is -0.273. The molecule has 0 amide bonds. The van der Waals surface area contributed by atoms with E-state index in [-0.39, 0.29) is 41.2 Å². The molecule has 2 aliphatic carbocycles. The van der Waals surface area contributed by atoms with Crippen LogP contribution in [-0.4, -0.2) is 12.2 Å². The van der Waals surface area contributed by atoms with Gasteiger partial charge in [-0.1, -0.05) is 0 Å². The van der Waals surface area contributed by atoms with Gasteiger partial charge in [-0.3, -0.25) is 0 Å². The molecule has 1 atom stereocenters. The van der Waals surface area contributed by atoms with E-state index in [0.717, 1.165) is 19.4 Å². The van der Waals surface area contributed by atoms with Crippen molar-refractivity contribution in [3.8, 4) is 0 Å². The van der Waals surface area contributed by atoms with E-state index >= 15 is 0 Å². The molecule has 0 saturated heterocycles. The van der Waals surface area contributed by atoms with Gasteiger partial charge in [0, 0.05) is 0 Å². The van der Waals surface area contributed by atoms with E-state index in [9.17, 15) is 0 Å². The van der Waals surface area contributed by atoms with Crippen LogP contribution in [0.5, 0.6) is 0 Å². The third kappa shape index (κ3) is 4.56. The second-order valence-electron chi connectivity index (χ2n) is 8.34. The Morgan fingerprint density at radius 2 is 1.76 bits per heavy atom. The number of rotatable bonds is 4. The zero-order valence-electron chi connectivity index (χ0n) is 16.6.